The van der Waals surface area contributed by atoms with Gasteiger partial charge in [-0.3, -0.25) is 14.5 Å². The van der Waals surface area contributed by atoms with E-state index in [0.717, 1.165) is 62.1 Å². The topological polar surface area (TPSA) is 77.7 Å². The molecule has 2 saturated heterocycles. The monoisotopic (exact) mass is 700 g/mol. The second-order valence-corrected chi connectivity index (χ2v) is 13.4. The Kier molecular flexibility index (Phi) is 13.8. The van der Waals surface area contributed by atoms with Crippen molar-refractivity contribution >= 4 is 34.8 Å². The maximum absolute atomic E-state index is 11.7. The summed E-state index contributed by atoms with van der Waals surface area (Å²) in [5, 5.41) is 4.75. The number of hydrogen-bond acceptors (Lipinski definition) is 6. The third-order valence-corrected chi connectivity index (χ3v) is 8.65. The molecule has 2 aromatic heterocycles. The Balaban J connectivity index is 0.000000177. The number of aryl methyl sites for hydroxylation is 1. The van der Waals surface area contributed by atoms with Gasteiger partial charge in [0.1, 0.15) is 22.7 Å². The van der Waals surface area contributed by atoms with E-state index in [4.69, 9.17) is 44.3 Å². The molecule has 6 rings (SSSR count). The highest BCUT2D eigenvalue weighted by molar-refractivity contribution is 6.30. The van der Waals surface area contributed by atoms with Gasteiger partial charge in [-0.2, -0.15) is 0 Å². The molecule has 8 nitrogen and oxygen atoms in total. The van der Waals surface area contributed by atoms with E-state index in [1.54, 1.807) is 33.5 Å². The summed E-state index contributed by atoms with van der Waals surface area (Å²) in [5.41, 5.74) is -0.210. The maximum atomic E-state index is 11.7. The molecule has 252 valence electrons. The summed E-state index contributed by atoms with van der Waals surface area (Å²) in [4.78, 5) is 25.0. The predicted octanol–water partition coefficient (Wildman–Crippen LogP) is 6.60. The number of likely N-dealkylation sites (tertiary alicyclic amines) is 1. The molecule has 0 bridgehead atoms. The lowest BCUT2D eigenvalue weighted by Crippen LogP contribution is -2.37. The molecule has 2 unspecified atom stereocenters. The molecule has 11 heteroatoms. The Bertz CT molecular complexity index is 1640. The van der Waals surface area contributed by atoms with Crippen LogP contribution in [-0.4, -0.2) is 63.8 Å². The van der Waals surface area contributed by atoms with Gasteiger partial charge < -0.3 is 23.9 Å². The third-order valence-electron chi connectivity index (χ3n) is 7.98. The zero-order chi connectivity index (χ0) is 33.7. The van der Waals surface area contributed by atoms with Gasteiger partial charge >= 0.3 is 0 Å². The van der Waals surface area contributed by atoms with Gasteiger partial charge in [-0.1, -0.05) is 35.3 Å². The van der Waals surface area contributed by atoms with Crippen LogP contribution < -0.4 is 25.9 Å². The van der Waals surface area contributed by atoms with Crippen LogP contribution in [0.1, 0.15) is 26.7 Å². The summed E-state index contributed by atoms with van der Waals surface area (Å²) in [7, 11) is 0. The van der Waals surface area contributed by atoms with Crippen molar-refractivity contribution in [1.82, 2.24) is 19.4 Å². The summed E-state index contributed by atoms with van der Waals surface area (Å²) in [6.45, 7) is 10.2. The SMILES string of the molecule is CC1(Oc2ccc(Cl)cc2)CCN(CCn2ccccc2=O)C1.CC1(Oc2ccc(Cl)cc2)CCNC1.O=c1ccccn1CCCl. The summed E-state index contributed by atoms with van der Waals surface area (Å²) >= 11 is 17.2. The van der Waals surface area contributed by atoms with E-state index in [9.17, 15) is 9.59 Å². The van der Waals surface area contributed by atoms with Crippen LogP contribution in [0.5, 0.6) is 11.5 Å². The number of rotatable bonds is 9. The van der Waals surface area contributed by atoms with Crippen LogP contribution in [0.25, 0.3) is 0 Å². The molecule has 0 amide bonds. The van der Waals surface area contributed by atoms with Gasteiger partial charge in [0.15, 0.2) is 0 Å². The minimum atomic E-state index is -0.199. The predicted molar refractivity (Wildman–Crippen MR) is 192 cm³/mol. The first-order valence-corrected chi connectivity index (χ1v) is 17.0. The van der Waals surface area contributed by atoms with E-state index in [0.29, 0.717) is 24.0 Å². The number of ether oxygens (including phenoxy) is 2. The van der Waals surface area contributed by atoms with Crippen LogP contribution in [0, 0.1) is 0 Å². The Hall–Kier alpha value is -3.27. The average molecular weight is 702 g/mol. The first-order chi connectivity index (χ1) is 22.6. The number of nitrogens with zero attached hydrogens (tertiary/aromatic N) is 3. The number of hydrogen-bond donors (Lipinski definition) is 1. The average Bonchev–Trinajstić information content (AvgIpc) is 3.66. The van der Waals surface area contributed by atoms with Crippen molar-refractivity contribution in [2.24, 2.45) is 0 Å². The maximum Gasteiger partial charge on any atom is 0.250 e. The second-order valence-electron chi connectivity index (χ2n) is 12.1. The first kappa shape index (κ1) is 36.6. The van der Waals surface area contributed by atoms with Gasteiger partial charge in [0.2, 0.25) is 0 Å². The molecular formula is C36H43Cl3N4O4. The Morgan fingerprint density at radius 2 is 1.23 bits per heavy atom. The quantitative estimate of drug-likeness (QED) is 0.198. The fourth-order valence-corrected chi connectivity index (χ4v) is 5.82. The molecule has 2 aromatic carbocycles. The molecule has 0 saturated carbocycles. The van der Waals surface area contributed by atoms with Crippen LogP contribution in [0.3, 0.4) is 0 Å². The second kappa shape index (κ2) is 17.8. The fraction of sp³-hybridized carbons (Fsp3) is 0.389. The van der Waals surface area contributed by atoms with Crippen molar-refractivity contribution in [3.05, 3.63) is 128 Å². The zero-order valence-electron chi connectivity index (χ0n) is 26.9. The van der Waals surface area contributed by atoms with E-state index < -0.39 is 0 Å². The van der Waals surface area contributed by atoms with E-state index in [1.165, 1.54) is 6.07 Å². The fourth-order valence-electron chi connectivity index (χ4n) is 5.39. The molecule has 2 aliphatic heterocycles. The zero-order valence-corrected chi connectivity index (χ0v) is 29.2. The lowest BCUT2D eigenvalue weighted by molar-refractivity contribution is 0.0955. The van der Waals surface area contributed by atoms with Crippen molar-refractivity contribution in [2.45, 2.75) is 51.0 Å². The van der Waals surface area contributed by atoms with Gasteiger partial charge in [-0.05, 0) is 81.1 Å². The normalized spacial score (nSPS) is 20.4. The molecule has 0 aliphatic carbocycles. The highest BCUT2D eigenvalue weighted by Gasteiger charge is 2.35. The van der Waals surface area contributed by atoms with Crippen LogP contribution in [0.2, 0.25) is 10.0 Å². The van der Waals surface area contributed by atoms with Crippen LogP contribution >= 0.6 is 34.8 Å². The van der Waals surface area contributed by atoms with E-state index in [2.05, 4.69) is 24.1 Å². The van der Waals surface area contributed by atoms with Crippen LogP contribution in [0.4, 0.5) is 0 Å². The molecular weight excluding hydrogens is 659 g/mol. The van der Waals surface area contributed by atoms with Gasteiger partial charge in [0.25, 0.3) is 11.1 Å². The van der Waals surface area contributed by atoms with Crippen molar-refractivity contribution < 1.29 is 9.47 Å². The lowest BCUT2D eigenvalue weighted by Gasteiger charge is -2.26. The summed E-state index contributed by atoms with van der Waals surface area (Å²) in [5.74, 6) is 2.21. The Labute approximate surface area is 291 Å². The molecule has 1 N–H and O–H groups in total. The molecule has 0 radical (unpaired) electrons. The highest BCUT2D eigenvalue weighted by atomic mass is 35.5. The Morgan fingerprint density at radius 1 is 0.702 bits per heavy atom. The number of alkyl halides is 1. The van der Waals surface area contributed by atoms with Gasteiger partial charge in [0, 0.05) is 92.6 Å². The number of benzene rings is 2. The van der Waals surface area contributed by atoms with Crippen molar-refractivity contribution in [3.8, 4) is 11.5 Å². The standard InChI is InChI=1S/C18H21ClN2O2.C11H14ClNO.C7H8ClNO/c1-18(23-16-7-5-15(19)6-8-16)9-11-20(14-18)12-13-21-10-3-2-4-17(21)22;1-11(6-7-13-8-11)14-10-4-2-9(12)3-5-10;8-4-6-9-5-2-1-3-7(9)10/h2-8,10H,9,11-14H2,1H3;2-5,13H,6-8H2,1H3;1-3,5H,4,6H2. The highest BCUT2D eigenvalue weighted by Crippen LogP contribution is 2.28. The van der Waals surface area contributed by atoms with Crippen molar-refractivity contribution in [2.75, 3.05) is 38.6 Å². The lowest BCUT2D eigenvalue weighted by atomic mass is 10.1. The van der Waals surface area contributed by atoms with Gasteiger partial charge in [-0.15, -0.1) is 11.6 Å². The smallest absolute Gasteiger partial charge is 0.250 e. The van der Waals surface area contributed by atoms with E-state index >= 15 is 0 Å². The van der Waals surface area contributed by atoms with Gasteiger partial charge in [-0.25, -0.2) is 0 Å². The van der Waals surface area contributed by atoms with Crippen LogP contribution in [-0.2, 0) is 13.1 Å². The molecule has 2 aliphatic rings. The number of pyridine rings is 2. The van der Waals surface area contributed by atoms with Crippen molar-refractivity contribution in [3.63, 3.8) is 0 Å². The number of aromatic nitrogens is 2. The number of halogens is 3. The molecule has 4 heterocycles. The minimum absolute atomic E-state index is 0.00292. The first-order valence-electron chi connectivity index (χ1n) is 15.8. The van der Waals surface area contributed by atoms with E-state index in [-0.39, 0.29) is 22.3 Å². The minimum Gasteiger partial charge on any atom is -0.486 e. The summed E-state index contributed by atoms with van der Waals surface area (Å²) < 4.78 is 15.4. The molecule has 4 aromatic rings. The number of nitrogens with one attached hydrogen (secondary N) is 1. The molecule has 0 spiro atoms. The van der Waals surface area contributed by atoms with Crippen LogP contribution in [0.15, 0.2) is 107 Å². The molecule has 2 atom stereocenters. The Morgan fingerprint density at radius 3 is 1.72 bits per heavy atom. The van der Waals surface area contributed by atoms with E-state index in [1.807, 2.05) is 66.9 Å². The third kappa shape index (κ3) is 12.0. The van der Waals surface area contributed by atoms with Gasteiger partial charge in [0.05, 0.1) is 0 Å². The van der Waals surface area contributed by atoms with Crippen molar-refractivity contribution in [1.29, 1.82) is 0 Å². The molecule has 2 fully saturated rings. The largest absolute Gasteiger partial charge is 0.486 e. The summed E-state index contributed by atoms with van der Waals surface area (Å²) in [6, 6.07) is 25.3. The molecule has 47 heavy (non-hydrogen) atoms. The summed E-state index contributed by atoms with van der Waals surface area (Å²) in [6.07, 6.45) is 5.58.